The number of aromatic nitrogens is 2. The minimum Gasteiger partial charge on any atom is -0.454 e. The minimum absolute atomic E-state index is 0.0494. The number of hydrogen-bond donors (Lipinski definition) is 0. The van der Waals surface area contributed by atoms with Gasteiger partial charge in [-0.1, -0.05) is 12.2 Å². The zero-order valence-electron chi connectivity index (χ0n) is 14.4. The predicted molar refractivity (Wildman–Crippen MR) is 91.2 cm³/mol. The summed E-state index contributed by atoms with van der Waals surface area (Å²) in [5, 5.41) is 8.08. The number of fused-ring (bicyclic) bond motifs is 1. The molecule has 0 fully saturated rings. The average molecular weight is 343 g/mol. The van der Waals surface area contributed by atoms with Gasteiger partial charge in [-0.25, -0.2) is 0 Å². The molecule has 1 aliphatic heterocycles. The molecule has 1 aromatic heterocycles. The summed E-state index contributed by atoms with van der Waals surface area (Å²) in [7, 11) is 0. The van der Waals surface area contributed by atoms with Crippen LogP contribution in [0.1, 0.15) is 26.2 Å². The molecular weight excluding hydrogens is 322 g/mol. The molecule has 0 spiro atoms. The van der Waals surface area contributed by atoms with Gasteiger partial charge >= 0.3 is 0 Å². The third kappa shape index (κ3) is 3.99. The van der Waals surface area contributed by atoms with E-state index in [-0.39, 0.29) is 12.7 Å². The molecule has 0 atom stereocenters. The number of rotatable bonds is 7. The Morgan fingerprint density at radius 3 is 2.84 bits per heavy atom. The molecule has 0 bridgehead atoms. The predicted octanol–water partition coefficient (Wildman–Crippen LogP) is 2.82. The molecular formula is C18H21N3O4. The molecule has 0 saturated heterocycles. The maximum Gasteiger partial charge on any atom is 0.247 e. The molecule has 1 aliphatic rings. The van der Waals surface area contributed by atoms with Crippen molar-refractivity contribution in [3.63, 3.8) is 0 Å². The van der Waals surface area contributed by atoms with Crippen molar-refractivity contribution in [2.24, 2.45) is 0 Å². The van der Waals surface area contributed by atoms with Gasteiger partial charge in [-0.2, -0.15) is 0 Å². The first kappa shape index (κ1) is 17.0. The standard InChI is InChI=1S/C18H21N3O4/c1-4-21(10-12(2)3)17(22)8-7-16-19-20-18(25-16)13-5-6-14-15(9-13)24-11-23-14/h5-6,9H,2,4,7-8,10-11H2,1,3H3. The van der Waals surface area contributed by atoms with E-state index in [0.717, 1.165) is 11.1 Å². The summed E-state index contributed by atoms with van der Waals surface area (Å²) in [6.45, 7) is 9.15. The van der Waals surface area contributed by atoms with Crippen LogP contribution >= 0.6 is 0 Å². The van der Waals surface area contributed by atoms with Gasteiger partial charge in [0.2, 0.25) is 24.5 Å². The lowest BCUT2D eigenvalue weighted by Gasteiger charge is -2.20. The van der Waals surface area contributed by atoms with Gasteiger partial charge in [-0.3, -0.25) is 4.79 Å². The van der Waals surface area contributed by atoms with E-state index in [4.69, 9.17) is 13.9 Å². The Kier molecular flexibility index (Phi) is 5.02. The highest BCUT2D eigenvalue weighted by Crippen LogP contribution is 2.35. The number of aryl methyl sites for hydroxylation is 1. The van der Waals surface area contributed by atoms with E-state index in [1.54, 1.807) is 11.0 Å². The van der Waals surface area contributed by atoms with Crippen LogP contribution in [0.3, 0.4) is 0 Å². The Hall–Kier alpha value is -2.83. The number of amides is 1. The second-order valence-corrected chi connectivity index (χ2v) is 5.93. The average Bonchev–Trinajstić information content (AvgIpc) is 3.25. The fourth-order valence-corrected chi connectivity index (χ4v) is 2.57. The first-order valence-corrected chi connectivity index (χ1v) is 8.21. The molecule has 0 unspecified atom stereocenters. The second kappa shape index (κ2) is 7.38. The monoisotopic (exact) mass is 343 g/mol. The van der Waals surface area contributed by atoms with Crippen LogP contribution in [0.5, 0.6) is 11.5 Å². The van der Waals surface area contributed by atoms with Gasteiger partial charge < -0.3 is 18.8 Å². The SMILES string of the molecule is C=C(C)CN(CC)C(=O)CCc1nnc(-c2ccc3c(c2)OCO3)o1. The number of carbonyl (C=O) groups excluding carboxylic acids is 1. The van der Waals surface area contributed by atoms with Crippen molar-refractivity contribution in [2.45, 2.75) is 26.7 Å². The van der Waals surface area contributed by atoms with Crippen molar-refractivity contribution >= 4 is 5.91 Å². The highest BCUT2D eigenvalue weighted by Gasteiger charge is 2.18. The lowest BCUT2D eigenvalue weighted by atomic mass is 10.2. The second-order valence-electron chi connectivity index (χ2n) is 5.93. The van der Waals surface area contributed by atoms with Crippen molar-refractivity contribution in [3.8, 4) is 23.0 Å². The van der Waals surface area contributed by atoms with Gasteiger partial charge in [0.15, 0.2) is 11.5 Å². The molecule has 7 nitrogen and oxygen atoms in total. The topological polar surface area (TPSA) is 77.7 Å². The molecule has 7 heteroatoms. The highest BCUT2D eigenvalue weighted by atomic mass is 16.7. The van der Waals surface area contributed by atoms with Crippen LogP contribution in [0.25, 0.3) is 11.5 Å². The first-order chi connectivity index (χ1) is 12.1. The maximum absolute atomic E-state index is 12.3. The van der Waals surface area contributed by atoms with Crippen molar-refractivity contribution < 1.29 is 18.7 Å². The molecule has 0 N–H and O–H groups in total. The van der Waals surface area contributed by atoms with E-state index in [9.17, 15) is 4.79 Å². The summed E-state index contributed by atoms with van der Waals surface area (Å²) >= 11 is 0. The molecule has 3 rings (SSSR count). The van der Waals surface area contributed by atoms with Crippen LogP contribution in [0.2, 0.25) is 0 Å². The van der Waals surface area contributed by atoms with Gasteiger partial charge in [0.05, 0.1) is 0 Å². The number of carbonyl (C=O) groups is 1. The normalized spacial score (nSPS) is 12.2. The van der Waals surface area contributed by atoms with Crippen LogP contribution in [0.15, 0.2) is 34.8 Å². The molecule has 1 aromatic carbocycles. The lowest BCUT2D eigenvalue weighted by molar-refractivity contribution is -0.130. The molecule has 0 aliphatic carbocycles. The van der Waals surface area contributed by atoms with E-state index < -0.39 is 0 Å². The zero-order valence-corrected chi connectivity index (χ0v) is 14.4. The fraction of sp³-hybridized carbons (Fsp3) is 0.389. The molecule has 2 aromatic rings. The van der Waals surface area contributed by atoms with Gasteiger partial charge in [0, 0.05) is 31.5 Å². The third-order valence-corrected chi connectivity index (χ3v) is 3.83. The smallest absolute Gasteiger partial charge is 0.247 e. The van der Waals surface area contributed by atoms with E-state index in [2.05, 4.69) is 16.8 Å². The molecule has 2 heterocycles. The van der Waals surface area contributed by atoms with Gasteiger partial charge in [0.1, 0.15) is 0 Å². The summed E-state index contributed by atoms with van der Waals surface area (Å²) in [5.74, 6) is 2.24. The Labute approximate surface area is 146 Å². The van der Waals surface area contributed by atoms with Crippen LogP contribution < -0.4 is 9.47 Å². The van der Waals surface area contributed by atoms with E-state index in [1.807, 2.05) is 26.0 Å². The summed E-state index contributed by atoms with van der Waals surface area (Å²) in [6, 6.07) is 5.44. The Morgan fingerprint density at radius 1 is 1.28 bits per heavy atom. The van der Waals surface area contributed by atoms with Crippen molar-refractivity contribution in [3.05, 3.63) is 36.2 Å². The summed E-state index contributed by atoms with van der Waals surface area (Å²) in [4.78, 5) is 14.0. The minimum atomic E-state index is 0.0494. The summed E-state index contributed by atoms with van der Waals surface area (Å²) in [6.07, 6.45) is 0.729. The van der Waals surface area contributed by atoms with Gasteiger partial charge in [0.25, 0.3) is 0 Å². The number of hydrogen-bond acceptors (Lipinski definition) is 6. The van der Waals surface area contributed by atoms with E-state index in [0.29, 0.717) is 49.2 Å². The molecule has 132 valence electrons. The fourth-order valence-electron chi connectivity index (χ4n) is 2.57. The van der Waals surface area contributed by atoms with Crippen LogP contribution in [-0.2, 0) is 11.2 Å². The van der Waals surface area contributed by atoms with Crippen molar-refractivity contribution in [1.29, 1.82) is 0 Å². The van der Waals surface area contributed by atoms with Crippen molar-refractivity contribution in [1.82, 2.24) is 15.1 Å². The van der Waals surface area contributed by atoms with E-state index in [1.165, 1.54) is 0 Å². The Balaban J connectivity index is 1.62. The molecule has 0 saturated carbocycles. The molecule has 25 heavy (non-hydrogen) atoms. The highest BCUT2D eigenvalue weighted by molar-refractivity contribution is 5.76. The van der Waals surface area contributed by atoms with E-state index >= 15 is 0 Å². The Morgan fingerprint density at radius 2 is 2.08 bits per heavy atom. The number of likely N-dealkylation sites (N-methyl/N-ethyl adjacent to an activating group) is 1. The number of nitrogens with zero attached hydrogens (tertiary/aromatic N) is 3. The lowest BCUT2D eigenvalue weighted by Crippen LogP contribution is -2.32. The summed E-state index contributed by atoms with van der Waals surface area (Å²) < 4.78 is 16.3. The molecule has 0 radical (unpaired) electrons. The van der Waals surface area contributed by atoms with Crippen LogP contribution in [-0.4, -0.2) is 40.9 Å². The van der Waals surface area contributed by atoms with Crippen LogP contribution in [0.4, 0.5) is 0 Å². The van der Waals surface area contributed by atoms with Gasteiger partial charge in [-0.15, -0.1) is 10.2 Å². The largest absolute Gasteiger partial charge is 0.454 e. The number of ether oxygens (including phenoxy) is 2. The molecule has 1 amide bonds. The van der Waals surface area contributed by atoms with Crippen LogP contribution in [0, 0.1) is 0 Å². The number of benzene rings is 1. The first-order valence-electron chi connectivity index (χ1n) is 8.21. The summed E-state index contributed by atoms with van der Waals surface area (Å²) in [5.41, 5.74) is 1.71. The Bertz CT molecular complexity index is 784. The maximum atomic E-state index is 12.3. The third-order valence-electron chi connectivity index (χ3n) is 3.83. The van der Waals surface area contributed by atoms with Crippen molar-refractivity contribution in [2.75, 3.05) is 19.9 Å². The quantitative estimate of drug-likeness (QED) is 0.720. The van der Waals surface area contributed by atoms with Gasteiger partial charge in [-0.05, 0) is 32.0 Å². The zero-order chi connectivity index (χ0) is 17.8.